The molecule has 116 valence electrons. The van der Waals surface area contributed by atoms with Crippen molar-refractivity contribution in [2.24, 2.45) is 5.41 Å². The summed E-state index contributed by atoms with van der Waals surface area (Å²) in [6.07, 6.45) is -2.32. The lowest BCUT2D eigenvalue weighted by Gasteiger charge is -2.45. The molecule has 1 aromatic rings. The van der Waals surface area contributed by atoms with Gasteiger partial charge in [0.2, 0.25) is 0 Å². The van der Waals surface area contributed by atoms with E-state index in [0.29, 0.717) is 25.9 Å². The monoisotopic (exact) mass is 300 g/mol. The van der Waals surface area contributed by atoms with Gasteiger partial charge in [0.1, 0.15) is 0 Å². The maximum atomic E-state index is 12.5. The minimum Gasteiger partial charge on any atom is -0.466 e. The highest BCUT2D eigenvalue weighted by Gasteiger charge is 2.50. The van der Waals surface area contributed by atoms with Gasteiger partial charge in [0, 0.05) is 0 Å². The van der Waals surface area contributed by atoms with E-state index in [0.717, 1.165) is 17.7 Å². The van der Waals surface area contributed by atoms with E-state index < -0.39 is 17.2 Å². The van der Waals surface area contributed by atoms with Gasteiger partial charge < -0.3 is 4.74 Å². The number of hydrogen-bond donors (Lipinski definition) is 0. The molecule has 1 fully saturated rings. The van der Waals surface area contributed by atoms with E-state index in [4.69, 9.17) is 4.74 Å². The average Bonchev–Trinajstić information content (AvgIpc) is 2.38. The first-order valence-corrected chi connectivity index (χ1v) is 7.17. The molecule has 0 bridgehead atoms. The second-order valence-corrected chi connectivity index (χ2v) is 5.58. The van der Waals surface area contributed by atoms with Crippen LogP contribution in [-0.2, 0) is 15.7 Å². The number of alkyl halides is 3. The topological polar surface area (TPSA) is 26.3 Å². The summed E-state index contributed by atoms with van der Waals surface area (Å²) < 4.78 is 42.7. The maximum Gasteiger partial charge on any atom is 0.416 e. The van der Waals surface area contributed by atoms with Crippen LogP contribution < -0.4 is 0 Å². The zero-order valence-electron chi connectivity index (χ0n) is 12.2. The van der Waals surface area contributed by atoms with Crippen molar-refractivity contribution >= 4 is 5.97 Å². The highest BCUT2D eigenvalue weighted by molar-refractivity contribution is 5.78. The van der Waals surface area contributed by atoms with Crippen LogP contribution >= 0.6 is 0 Å². The highest BCUT2D eigenvalue weighted by Crippen LogP contribution is 2.54. The van der Waals surface area contributed by atoms with Crippen LogP contribution in [0.1, 0.15) is 50.2 Å². The maximum absolute atomic E-state index is 12.5. The van der Waals surface area contributed by atoms with Crippen LogP contribution in [0, 0.1) is 5.41 Å². The van der Waals surface area contributed by atoms with Crippen LogP contribution in [0.15, 0.2) is 24.3 Å². The lowest BCUT2D eigenvalue weighted by molar-refractivity contribution is -0.162. The zero-order valence-corrected chi connectivity index (χ0v) is 12.2. The SMILES string of the molecule is CCOC(=O)C1(CC)CC(c2ccc(C(F)(F)F)cc2)C1. The Bertz CT molecular complexity index is 499. The summed E-state index contributed by atoms with van der Waals surface area (Å²) >= 11 is 0. The first kappa shape index (κ1) is 15.9. The second-order valence-electron chi connectivity index (χ2n) is 5.58. The van der Waals surface area contributed by atoms with Gasteiger partial charge in [-0.25, -0.2) is 0 Å². The van der Waals surface area contributed by atoms with E-state index in [-0.39, 0.29) is 11.9 Å². The van der Waals surface area contributed by atoms with Crippen molar-refractivity contribution in [3.05, 3.63) is 35.4 Å². The minimum atomic E-state index is -4.31. The predicted octanol–water partition coefficient (Wildman–Crippen LogP) is 4.54. The summed E-state index contributed by atoms with van der Waals surface area (Å²) in [4.78, 5) is 12.0. The van der Waals surface area contributed by atoms with E-state index in [1.54, 1.807) is 6.92 Å². The van der Waals surface area contributed by atoms with Gasteiger partial charge in [-0.05, 0) is 49.8 Å². The molecule has 0 heterocycles. The Hall–Kier alpha value is -1.52. The molecule has 1 saturated carbocycles. The molecule has 0 atom stereocenters. The van der Waals surface area contributed by atoms with E-state index in [9.17, 15) is 18.0 Å². The Morgan fingerprint density at radius 2 is 1.81 bits per heavy atom. The first-order chi connectivity index (χ1) is 9.82. The van der Waals surface area contributed by atoms with Crippen molar-refractivity contribution < 1.29 is 22.7 Å². The number of ether oxygens (including phenoxy) is 1. The third-order valence-corrected chi connectivity index (χ3v) is 4.37. The van der Waals surface area contributed by atoms with Gasteiger partial charge in [0.05, 0.1) is 17.6 Å². The Kier molecular flexibility index (Phi) is 4.30. The number of esters is 1. The average molecular weight is 300 g/mol. The van der Waals surface area contributed by atoms with Crippen LogP contribution in [0.4, 0.5) is 13.2 Å². The molecule has 0 radical (unpaired) electrons. The molecular weight excluding hydrogens is 281 g/mol. The zero-order chi connectivity index (χ0) is 15.7. The van der Waals surface area contributed by atoms with Crippen molar-refractivity contribution in [2.45, 2.75) is 45.2 Å². The fraction of sp³-hybridized carbons (Fsp3) is 0.562. The molecule has 5 heteroatoms. The number of carbonyl (C=O) groups is 1. The third-order valence-electron chi connectivity index (χ3n) is 4.37. The summed E-state index contributed by atoms with van der Waals surface area (Å²) in [5, 5.41) is 0. The van der Waals surface area contributed by atoms with E-state index in [2.05, 4.69) is 0 Å². The molecule has 0 amide bonds. The largest absolute Gasteiger partial charge is 0.466 e. The summed E-state index contributed by atoms with van der Waals surface area (Å²) in [5.74, 6) is -0.0488. The predicted molar refractivity (Wildman–Crippen MR) is 72.8 cm³/mol. The number of halogens is 3. The van der Waals surface area contributed by atoms with Crippen LogP contribution in [0.2, 0.25) is 0 Å². The Labute approximate surface area is 122 Å². The van der Waals surface area contributed by atoms with Crippen molar-refractivity contribution in [2.75, 3.05) is 6.61 Å². The number of rotatable bonds is 4. The minimum absolute atomic E-state index is 0.136. The molecule has 0 saturated heterocycles. The van der Waals surface area contributed by atoms with Crippen LogP contribution in [0.5, 0.6) is 0 Å². The lowest BCUT2D eigenvalue weighted by Crippen LogP contribution is -2.43. The third kappa shape index (κ3) is 3.06. The van der Waals surface area contributed by atoms with Gasteiger partial charge in [-0.15, -0.1) is 0 Å². The van der Waals surface area contributed by atoms with Crippen molar-refractivity contribution in [3.63, 3.8) is 0 Å². The molecule has 1 aliphatic rings. The van der Waals surface area contributed by atoms with Gasteiger partial charge in [0.25, 0.3) is 0 Å². The number of carbonyl (C=O) groups excluding carboxylic acids is 1. The molecular formula is C16H19F3O2. The molecule has 0 aromatic heterocycles. The molecule has 2 rings (SSSR count). The Morgan fingerprint density at radius 3 is 2.24 bits per heavy atom. The fourth-order valence-corrected chi connectivity index (χ4v) is 2.95. The molecule has 0 N–H and O–H groups in total. The number of hydrogen-bond acceptors (Lipinski definition) is 2. The summed E-state index contributed by atoms with van der Waals surface area (Å²) in [5.41, 5.74) is -0.238. The molecule has 1 aliphatic carbocycles. The van der Waals surface area contributed by atoms with E-state index in [1.807, 2.05) is 6.92 Å². The van der Waals surface area contributed by atoms with Gasteiger partial charge in [0.15, 0.2) is 0 Å². The van der Waals surface area contributed by atoms with Crippen molar-refractivity contribution in [3.8, 4) is 0 Å². The van der Waals surface area contributed by atoms with E-state index >= 15 is 0 Å². The van der Waals surface area contributed by atoms with Gasteiger partial charge in [-0.2, -0.15) is 13.2 Å². The molecule has 2 nitrogen and oxygen atoms in total. The van der Waals surface area contributed by atoms with Crippen LogP contribution in [-0.4, -0.2) is 12.6 Å². The van der Waals surface area contributed by atoms with Crippen LogP contribution in [0.3, 0.4) is 0 Å². The Balaban J connectivity index is 2.05. The first-order valence-electron chi connectivity index (χ1n) is 7.17. The highest BCUT2D eigenvalue weighted by atomic mass is 19.4. The normalized spacial score (nSPS) is 25.3. The molecule has 0 spiro atoms. The lowest BCUT2D eigenvalue weighted by atomic mass is 9.58. The quantitative estimate of drug-likeness (QED) is 0.763. The van der Waals surface area contributed by atoms with Crippen LogP contribution in [0.25, 0.3) is 0 Å². The second kappa shape index (κ2) is 5.70. The fourth-order valence-electron chi connectivity index (χ4n) is 2.95. The molecule has 21 heavy (non-hydrogen) atoms. The Morgan fingerprint density at radius 1 is 1.24 bits per heavy atom. The van der Waals surface area contributed by atoms with Gasteiger partial charge >= 0.3 is 12.1 Å². The van der Waals surface area contributed by atoms with Crippen molar-refractivity contribution in [1.29, 1.82) is 0 Å². The van der Waals surface area contributed by atoms with Gasteiger partial charge in [-0.3, -0.25) is 4.79 Å². The van der Waals surface area contributed by atoms with E-state index in [1.165, 1.54) is 12.1 Å². The summed E-state index contributed by atoms with van der Waals surface area (Å²) in [6.45, 7) is 4.07. The molecule has 0 unspecified atom stereocenters. The summed E-state index contributed by atoms with van der Waals surface area (Å²) in [6, 6.07) is 5.23. The number of benzene rings is 1. The summed E-state index contributed by atoms with van der Waals surface area (Å²) in [7, 11) is 0. The molecule has 1 aromatic carbocycles. The molecule has 0 aliphatic heterocycles. The van der Waals surface area contributed by atoms with Crippen molar-refractivity contribution in [1.82, 2.24) is 0 Å². The smallest absolute Gasteiger partial charge is 0.416 e. The van der Waals surface area contributed by atoms with Gasteiger partial charge in [-0.1, -0.05) is 19.1 Å². The standard InChI is InChI=1S/C16H19F3O2/c1-3-15(14(20)21-4-2)9-12(10-15)11-5-7-13(8-6-11)16(17,18)19/h5-8,12H,3-4,9-10H2,1-2H3.